The number of ether oxygens (including phenoxy) is 2. The number of quaternary nitrogens is 1. The van der Waals surface area contributed by atoms with E-state index in [1.807, 2.05) is 0 Å². The van der Waals surface area contributed by atoms with Gasteiger partial charge in [-0.15, -0.1) is 0 Å². The van der Waals surface area contributed by atoms with E-state index in [2.05, 4.69) is 17.6 Å². The summed E-state index contributed by atoms with van der Waals surface area (Å²) in [6, 6.07) is 4.57. The molecule has 2 aliphatic heterocycles. The van der Waals surface area contributed by atoms with Crippen molar-refractivity contribution in [2.75, 3.05) is 31.7 Å². The van der Waals surface area contributed by atoms with Gasteiger partial charge in [0, 0.05) is 11.8 Å². The topological polar surface area (TPSA) is 81.1 Å². The second kappa shape index (κ2) is 6.87. The van der Waals surface area contributed by atoms with Crippen LogP contribution in [-0.2, 0) is 4.79 Å². The van der Waals surface area contributed by atoms with E-state index in [0.717, 1.165) is 31.8 Å². The number of rotatable bonds is 3. The van der Waals surface area contributed by atoms with Crippen molar-refractivity contribution in [1.82, 2.24) is 5.32 Å². The lowest BCUT2D eigenvalue weighted by molar-refractivity contribution is -0.898. The third-order valence-electron chi connectivity index (χ3n) is 4.28. The first-order valence-electron chi connectivity index (χ1n) is 7.94. The molecule has 1 fully saturated rings. The minimum atomic E-state index is -0.529. The van der Waals surface area contributed by atoms with Crippen molar-refractivity contribution in [2.24, 2.45) is 5.92 Å². The zero-order valence-electron chi connectivity index (χ0n) is 13.2. The normalized spacial score (nSPS) is 22.5. The van der Waals surface area contributed by atoms with Gasteiger partial charge in [-0.1, -0.05) is 6.92 Å². The summed E-state index contributed by atoms with van der Waals surface area (Å²) in [6.07, 6.45) is 2.26. The highest BCUT2D eigenvalue weighted by Gasteiger charge is 2.22. The van der Waals surface area contributed by atoms with E-state index in [4.69, 9.17) is 9.47 Å². The summed E-state index contributed by atoms with van der Waals surface area (Å²) in [6.45, 7) is 4.72. The van der Waals surface area contributed by atoms with Gasteiger partial charge in [-0.2, -0.15) is 0 Å². The highest BCUT2D eigenvalue weighted by atomic mass is 16.7. The van der Waals surface area contributed by atoms with E-state index in [0.29, 0.717) is 23.7 Å². The van der Waals surface area contributed by atoms with Gasteiger partial charge in [0.25, 0.3) is 5.91 Å². The Balaban J connectivity index is 1.46. The molecule has 2 heterocycles. The van der Waals surface area contributed by atoms with E-state index in [-0.39, 0.29) is 12.7 Å². The second-order valence-corrected chi connectivity index (χ2v) is 6.18. The lowest BCUT2D eigenvalue weighted by atomic mass is 9.99. The minimum Gasteiger partial charge on any atom is -0.454 e. The number of imide groups is 1. The molecule has 0 atom stereocenters. The number of likely N-dealkylation sites (tertiary alicyclic amines) is 1. The number of hydrogen-bond donors (Lipinski definition) is 3. The van der Waals surface area contributed by atoms with Crippen LogP contribution < -0.4 is 25.0 Å². The van der Waals surface area contributed by atoms with Gasteiger partial charge >= 0.3 is 6.03 Å². The Kier molecular flexibility index (Phi) is 4.66. The molecule has 3 rings (SSSR count). The molecular weight excluding hydrogens is 298 g/mol. The van der Waals surface area contributed by atoms with Gasteiger partial charge < -0.3 is 19.7 Å². The van der Waals surface area contributed by atoms with Crippen LogP contribution in [0, 0.1) is 5.92 Å². The van der Waals surface area contributed by atoms with Crippen LogP contribution in [0.5, 0.6) is 11.5 Å². The van der Waals surface area contributed by atoms with Crippen LogP contribution in [-0.4, -0.2) is 38.4 Å². The first kappa shape index (κ1) is 15.6. The first-order valence-corrected chi connectivity index (χ1v) is 7.94. The molecule has 0 bridgehead atoms. The van der Waals surface area contributed by atoms with Crippen LogP contribution in [0.4, 0.5) is 10.5 Å². The van der Waals surface area contributed by atoms with Gasteiger partial charge in [0.2, 0.25) is 6.79 Å². The smallest absolute Gasteiger partial charge is 0.326 e. The van der Waals surface area contributed by atoms with Gasteiger partial charge in [-0.25, -0.2) is 4.79 Å². The Labute approximate surface area is 134 Å². The number of anilines is 1. The molecular formula is C16H22N3O4+. The van der Waals surface area contributed by atoms with E-state index >= 15 is 0 Å². The molecule has 0 saturated carbocycles. The van der Waals surface area contributed by atoms with E-state index in [9.17, 15) is 9.59 Å². The number of urea groups is 1. The number of carbonyl (C=O) groups is 2. The monoisotopic (exact) mass is 320 g/mol. The van der Waals surface area contributed by atoms with Crippen LogP contribution in [0.25, 0.3) is 0 Å². The van der Waals surface area contributed by atoms with Crippen LogP contribution in [0.15, 0.2) is 18.2 Å². The van der Waals surface area contributed by atoms with Crippen LogP contribution in [0.2, 0.25) is 0 Å². The molecule has 0 aliphatic carbocycles. The summed E-state index contributed by atoms with van der Waals surface area (Å²) in [5, 5.41) is 5.00. The summed E-state index contributed by atoms with van der Waals surface area (Å²) < 4.78 is 10.5. The number of hydrogen-bond acceptors (Lipinski definition) is 4. The van der Waals surface area contributed by atoms with Gasteiger partial charge in [0.05, 0.1) is 13.1 Å². The Bertz CT molecular complexity index is 597. The fraction of sp³-hybridized carbons (Fsp3) is 0.500. The lowest BCUT2D eigenvalue weighted by Crippen LogP contribution is -3.14. The Morgan fingerprint density at radius 3 is 2.74 bits per heavy atom. The third-order valence-corrected chi connectivity index (χ3v) is 4.28. The standard InChI is InChI=1S/C16H21N3O4/c1-11-4-6-19(7-5-11)9-15(20)18-16(21)17-12-2-3-13-14(8-12)23-10-22-13/h2-3,8,11H,4-7,9-10H2,1H3,(H2,17,18,20,21)/p+1. The number of benzene rings is 1. The molecule has 7 nitrogen and oxygen atoms in total. The molecule has 2 aliphatic rings. The third kappa shape index (κ3) is 4.13. The molecule has 0 unspecified atom stereocenters. The predicted octanol–water partition coefficient (Wildman–Crippen LogP) is 0.378. The molecule has 0 spiro atoms. The molecule has 1 aromatic rings. The molecule has 1 saturated heterocycles. The fourth-order valence-corrected chi connectivity index (χ4v) is 2.88. The van der Waals surface area contributed by atoms with E-state index < -0.39 is 6.03 Å². The van der Waals surface area contributed by atoms with Crippen molar-refractivity contribution in [3.05, 3.63) is 18.2 Å². The summed E-state index contributed by atoms with van der Waals surface area (Å²) >= 11 is 0. The van der Waals surface area contributed by atoms with E-state index in [1.54, 1.807) is 18.2 Å². The van der Waals surface area contributed by atoms with Crippen LogP contribution in [0.1, 0.15) is 19.8 Å². The number of nitrogens with one attached hydrogen (secondary N) is 3. The minimum absolute atomic E-state index is 0.181. The molecule has 7 heteroatoms. The average Bonchev–Trinajstić information content (AvgIpc) is 2.97. The number of carbonyl (C=O) groups excluding carboxylic acids is 2. The Morgan fingerprint density at radius 2 is 1.96 bits per heavy atom. The average molecular weight is 320 g/mol. The summed E-state index contributed by atoms with van der Waals surface area (Å²) in [5.41, 5.74) is 0.554. The highest BCUT2D eigenvalue weighted by molar-refractivity contribution is 6.01. The summed E-state index contributed by atoms with van der Waals surface area (Å²) in [4.78, 5) is 25.1. The molecule has 3 N–H and O–H groups in total. The van der Waals surface area contributed by atoms with Crippen molar-refractivity contribution < 1.29 is 24.0 Å². The SMILES string of the molecule is CC1CC[NH+](CC(=O)NC(=O)Nc2ccc3c(c2)OCO3)CC1. The van der Waals surface area contributed by atoms with E-state index in [1.165, 1.54) is 4.90 Å². The summed E-state index contributed by atoms with van der Waals surface area (Å²) in [5.74, 6) is 1.71. The van der Waals surface area contributed by atoms with Crippen LogP contribution >= 0.6 is 0 Å². The Morgan fingerprint density at radius 1 is 1.22 bits per heavy atom. The van der Waals surface area contributed by atoms with Gasteiger partial charge in [-0.3, -0.25) is 10.1 Å². The van der Waals surface area contributed by atoms with Crippen molar-refractivity contribution in [1.29, 1.82) is 0 Å². The maximum Gasteiger partial charge on any atom is 0.326 e. The quantitative estimate of drug-likeness (QED) is 0.752. The maximum absolute atomic E-state index is 11.9. The van der Waals surface area contributed by atoms with Gasteiger partial charge in [-0.05, 0) is 30.9 Å². The molecule has 124 valence electrons. The van der Waals surface area contributed by atoms with Crippen LogP contribution in [0.3, 0.4) is 0 Å². The van der Waals surface area contributed by atoms with Gasteiger partial charge in [0.1, 0.15) is 0 Å². The number of fused-ring (bicyclic) bond motifs is 1. The molecule has 1 aromatic carbocycles. The van der Waals surface area contributed by atoms with Crippen molar-refractivity contribution in [3.63, 3.8) is 0 Å². The maximum atomic E-state index is 11.9. The zero-order valence-corrected chi connectivity index (χ0v) is 13.2. The molecule has 3 amide bonds. The number of piperidine rings is 1. The zero-order chi connectivity index (χ0) is 16.2. The van der Waals surface area contributed by atoms with Crippen molar-refractivity contribution >= 4 is 17.6 Å². The lowest BCUT2D eigenvalue weighted by Gasteiger charge is -2.26. The fourth-order valence-electron chi connectivity index (χ4n) is 2.88. The summed E-state index contributed by atoms with van der Waals surface area (Å²) in [7, 11) is 0. The highest BCUT2D eigenvalue weighted by Crippen LogP contribution is 2.34. The second-order valence-electron chi connectivity index (χ2n) is 6.18. The van der Waals surface area contributed by atoms with Crippen molar-refractivity contribution in [2.45, 2.75) is 19.8 Å². The predicted molar refractivity (Wildman–Crippen MR) is 83.7 cm³/mol. The Hall–Kier alpha value is -2.28. The van der Waals surface area contributed by atoms with Gasteiger partial charge in [0.15, 0.2) is 18.0 Å². The molecule has 0 aromatic heterocycles. The first-order chi connectivity index (χ1) is 11.1. The largest absolute Gasteiger partial charge is 0.454 e. The molecule has 23 heavy (non-hydrogen) atoms. The van der Waals surface area contributed by atoms with Crippen molar-refractivity contribution in [3.8, 4) is 11.5 Å². The number of amides is 3. The molecule has 0 radical (unpaired) electrons.